The molecule has 0 amide bonds. The van der Waals surface area contributed by atoms with E-state index in [1.165, 1.54) is 16.0 Å². The van der Waals surface area contributed by atoms with Crippen molar-refractivity contribution in [3.05, 3.63) is 39.7 Å². The largest absolute Gasteiger partial charge is 0.326 e. The summed E-state index contributed by atoms with van der Waals surface area (Å²) < 4.78 is 0. The Morgan fingerprint density at radius 2 is 1.89 bits per heavy atom. The third-order valence-electron chi connectivity index (χ3n) is 2.86. The van der Waals surface area contributed by atoms with Gasteiger partial charge in [0, 0.05) is 17.0 Å². The summed E-state index contributed by atoms with van der Waals surface area (Å²) in [5, 5.41) is 1.08. The van der Waals surface area contributed by atoms with Crippen molar-refractivity contribution < 1.29 is 0 Å². The molecule has 0 saturated carbocycles. The predicted molar refractivity (Wildman–Crippen MR) is 78.7 cm³/mol. The van der Waals surface area contributed by atoms with Crippen LogP contribution in [0, 0.1) is 12.8 Å². The van der Waals surface area contributed by atoms with Gasteiger partial charge in [-0.05, 0) is 24.8 Å². The lowest BCUT2D eigenvalue weighted by atomic mass is 10.0. The molecule has 1 heterocycles. The first-order valence-corrected chi connectivity index (χ1v) is 7.17. The van der Waals surface area contributed by atoms with E-state index in [4.69, 9.17) is 5.73 Å². The van der Waals surface area contributed by atoms with E-state index in [0.29, 0.717) is 12.5 Å². The molecule has 0 spiro atoms. The number of aromatic nitrogens is 1. The van der Waals surface area contributed by atoms with Gasteiger partial charge in [0.05, 0.1) is 10.7 Å². The number of hydrogen-bond acceptors (Lipinski definition) is 3. The quantitative estimate of drug-likeness (QED) is 0.908. The van der Waals surface area contributed by atoms with Gasteiger partial charge in [-0.1, -0.05) is 38.1 Å². The number of nitrogens with two attached hydrogens (primary N) is 1. The smallest absolute Gasteiger partial charge is 0.0905 e. The molecule has 18 heavy (non-hydrogen) atoms. The maximum atomic E-state index is 5.77. The summed E-state index contributed by atoms with van der Waals surface area (Å²) in [6.45, 7) is 7.07. The molecule has 2 nitrogen and oxygen atoms in total. The molecule has 0 aliphatic heterocycles. The highest BCUT2D eigenvalue weighted by atomic mass is 32.1. The molecule has 0 aliphatic carbocycles. The highest BCUT2D eigenvalue weighted by Crippen LogP contribution is 2.28. The van der Waals surface area contributed by atoms with E-state index >= 15 is 0 Å². The normalized spacial score (nSPS) is 11.2. The minimum Gasteiger partial charge on any atom is -0.326 e. The van der Waals surface area contributed by atoms with Crippen LogP contribution in [0.4, 0.5) is 0 Å². The van der Waals surface area contributed by atoms with Crippen LogP contribution in [0.2, 0.25) is 0 Å². The van der Waals surface area contributed by atoms with Gasteiger partial charge in [0.25, 0.3) is 0 Å². The lowest BCUT2D eigenvalue weighted by Gasteiger charge is -2.06. The van der Waals surface area contributed by atoms with Gasteiger partial charge >= 0.3 is 0 Å². The fraction of sp³-hybridized carbons (Fsp3) is 0.400. The molecule has 0 fully saturated rings. The average molecular weight is 260 g/mol. The molecule has 0 unspecified atom stereocenters. The Balaban J connectivity index is 2.28. The average Bonchev–Trinajstić information content (AvgIpc) is 2.71. The maximum Gasteiger partial charge on any atom is 0.0905 e. The summed E-state index contributed by atoms with van der Waals surface area (Å²) in [5.41, 5.74) is 9.38. The monoisotopic (exact) mass is 260 g/mol. The minimum absolute atomic E-state index is 0.564. The van der Waals surface area contributed by atoms with E-state index in [0.717, 1.165) is 17.1 Å². The molecule has 3 heteroatoms. The molecule has 2 rings (SSSR count). The molecule has 0 atom stereocenters. The second kappa shape index (κ2) is 5.63. The van der Waals surface area contributed by atoms with Gasteiger partial charge in [-0.25, -0.2) is 4.98 Å². The Hall–Kier alpha value is -1.19. The van der Waals surface area contributed by atoms with E-state index in [-0.39, 0.29) is 0 Å². The number of thiazole rings is 1. The zero-order valence-corrected chi connectivity index (χ0v) is 12.1. The van der Waals surface area contributed by atoms with Crippen LogP contribution in [0.15, 0.2) is 24.3 Å². The van der Waals surface area contributed by atoms with E-state index in [2.05, 4.69) is 43.1 Å². The van der Waals surface area contributed by atoms with Crippen molar-refractivity contribution in [1.82, 2.24) is 4.98 Å². The van der Waals surface area contributed by atoms with Crippen molar-refractivity contribution in [1.29, 1.82) is 0 Å². The van der Waals surface area contributed by atoms with Gasteiger partial charge in [-0.15, -0.1) is 11.3 Å². The number of rotatable bonds is 4. The second-order valence-corrected chi connectivity index (χ2v) is 6.29. The van der Waals surface area contributed by atoms with Crippen molar-refractivity contribution in [2.45, 2.75) is 33.7 Å². The molecule has 0 aliphatic rings. The van der Waals surface area contributed by atoms with Gasteiger partial charge in [-0.2, -0.15) is 0 Å². The summed E-state index contributed by atoms with van der Waals surface area (Å²) in [6, 6.07) is 8.71. The van der Waals surface area contributed by atoms with Crippen LogP contribution in [-0.4, -0.2) is 4.98 Å². The molecular formula is C15H20N2S. The Morgan fingerprint density at radius 3 is 2.44 bits per heavy atom. The molecule has 0 saturated heterocycles. The molecule has 2 N–H and O–H groups in total. The standard InChI is InChI=1S/C15H20N2S/c1-10(2)8-12-4-6-13(7-5-12)15-14(9-16)18-11(3)17-15/h4-7,10H,8-9,16H2,1-3H3. The fourth-order valence-corrected chi connectivity index (χ4v) is 2.94. The Labute approximate surface area is 113 Å². The maximum absolute atomic E-state index is 5.77. The first kappa shape index (κ1) is 13.2. The molecule has 0 radical (unpaired) electrons. The van der Waals surface area contributed by atoms with Crippen LogP contribution in [0.1, 0.15) is 29.3 Å². The van der Waals surface area contributed by atoms with Gasteiger partial charge in [0.15, 0.2) is 0 Å². The zero-order chi connectivity index (χ0) is 13.1. The molecule has 1 aromatic carbocycles. The molecule has 96 valence electrons. The Morgan fingerprint density at radius 1 is 1.22 bits per heavy atom. The van der Waals surface area contributed by atoms with E-state index < -0.39 is 0 Å². The van der Waals surface area contributed by atoms with Gasteiger partial charge in [0.2, 0.25) is 0 Å². The second-order valence-electron chi connectivity index (χ2n) is 5.00. The summed E-state index contributed by atoms with van der Waals surface area (Å²) >= 11 is 1.69. The van der Waals surface area contributed by atoms with Crippen LogP contribution in [-0.2, 0) is 13.0 Å². The SMILES string of the molecule is Cc1nc(-c2ccc(CC(C)C)cc2)c(CN)s1. The highest BCUT2D eigenvalue weighted by Gasteiger charge is 2.09. The minimum atomic E-state index is 0.564. The molecule has 1 aromatic heterocycles. The van der Waals surface area contributed by atoms with E-state index in [9.17, 15) is 0 Å². The van der Waals surface area contributed by atoms with Crippen LogP contribution in [0.5, 0.6) is 0 Å². The van der Waals surface area contributed by atoms with Gasteiger partial charge in [-0.3, -0.25) is 0 Å². The van der Waals surface area contributed by atoms with Crippen LogP contribution in [0.3, 0.4) is 0 Å². The lowest BCUT2D eigenvalue weighted by Crippen LogP contribution is -1.96. The van der Waals surface area contributed by atoms with Gasteiger partial charge in [0.1, 0.15) is 0 Å². The predicted octanol–water partition coefficient (Wildman–Crippen LogP) is 3.78. The van der Waals surface area contributed by atoms with E-state index in [1.54, 1.807) is 11.3 Å². The first-order valence-electron chi connectivity index (χ1n) is 6.36. The van der Waals surface area contributed by atoms with Crippen LogP contribution >= 0.6 is 11.3 Å². The Bertz CT molecular complexity index is 512. The third kappa shape index (κ3) is 2.98. The zero-order valence-electron chi connectivity index (χ0n) is 11.2. The van der Waals surface area contributed by atoms with Crippen LogP contribution in [0.25, 0.3) is 11.3 Å². The lowest BCUT2D eigenvalue weighted by molar-refractivity contribution is 0.647. The van der Waals surface area contributed by atoms with E-state index in [1.807, 2.05) is 6.92 Å². The molecule has 2 aromatic rings. The van der Waals surface area contributed by atoms with Crippen molar-refractivity contribution in [3.8, 4) is 11.3 Å². The molecular weight excluding hydrogens is 240 g/mol. The van der Waals surface area contributed by atoms with Crippen molar-refractivity contribution in [2.24, 2.45) is 11.7 Å². The Kier molecular flexibility index (Phi) is 4.15. The number of hydrogen-bond donors (Lipinski definition) is 1. The first-order chi connectivity index (χ1) is 8.60. The summed E-state index contributed by atoms with van der Waals surface area (Å²) in [5.74, 6) is 0.692. The highest BCUT2D eigenvalue weighted by molar-refractivity contribution is 7.12. The summed E-state index contributed by atoms with van der Waals surface area (Å²) in [6.07, 6.45) is 1.13. The number of nitrogens with zero attached hydrogens (tertiary/aromatic N) is 1. The van der Waals surface area contributed by atoms with Crippen molar-refractivity contribution in [3.63, 3.8) is 0 Å². The topological polar surface area (TPSA) is 38.9 Å². The van der Waals surface area contributed by atoms with Crippen molar-refractivity contribution >= 4 is 11.3 Å². The number of benzene rings is 1. The summed E-state index contributed by atoms with van der Waals surface area (Å²) in [4.78, 5) is 5.75. The number of aryl methyl sites for hydroxylation is 1. The van der Waals surface area contributed by atoms with Crippen molar-refractivity contribution in [2.75, 3.05) is 0 Å². The van der Waals surface area contributed by atoms with Gasteiger partial charge < -0.3 is 5.73 Å². The summed E-state index contributed by atoms with van der Waals surface area (Å²) in [7, 11) is 0. The third-order valence-corrected chi connectivity index (χ3v) is 3.85. The fourth-order valence-electron chi connectivity index (χ4n) is 2.10. The van der Waals surface area contributed by atoms with Crippen LogP contribution < -0.4 is 5.73 Å². The molecule has 0 bridgehead atoms.